The Labute approximate surface area is 181 Å². The van der Waals surface area contributed by atoms with Gasteiger partial charge in [0.2, 0.25) is 5.82 Å². The highest BCUT2D eigenvalue weighted by molar-refractivity contribution is 7.99. The Balaban J connectivity index is 0.00000205. The molecule has 2 atom stereocenters. The third-order valence-electron chi connectivity index (χ3n) is 6.20. The molecule has 0 N–H and O–H groups in total. The molecule has 2 aromatic heterocycles. The highest BCUT2D eigenvalue weighted by atomic mass is 35.5. The highest BCUT2D eigenvalue weighted by Crippen LogP contribution is 2.58. The lowest BCUT2D eigenvalue weighted by molar-refractivity contribution is 0.299. The number of hydrogen-bond donors (Lipinski definition) is 0. The van der Waals surface area contributed by atoms with Crippen LogP contribution in [0.4, 0.5) is 0 Å². The smallest absolute Gasteiger partial charge is 0.202 e. The number of benzene rings is 1. The Morgan fingerprint density at radius 2 is 2.07 bits per heavy atom. The Morgan fingerprint density at radius 3 is 2.83 bits per heavy atom. The Hall–Kier alpha value is -1.83. The average molecular weight is 432 g/mol. The van der Waals surface area contributed by atoms with Crippen molar-refractivity contribution in [3.8, 4) is 11.6 Å². The molecule has 0 bridgehead atoms. The summed E-state index contributed by atoms with van der Waals surface area (Å²) >= 11 is 1.76. The zero-order valence-electron chi connectivity index (χ0n) is 16.7. The third-order valence-corrected chi connectivity index (χ3v) is 7.30. The van der Waals surface area contributed by atoms with Gasteiger partial charge in [-0.1, -0.05) is 42.1 Å². The molecule has 2 fully saturated rings. The molecule has 1 aliphatic heterocycles. The number of fused-ring (bicyclic) bond motifs is 1. The molecule has 5 rings (SSSR count). The standard InChI is InChI=1S/C21H25N5OS.ClH/c1-15-18(27-14-22-15)19-23-24-20(25(19)2)28-10-6-9-26-12-17-11-21(17,13-26)16-7-4-3-5-8-16;/h3-5,7-8,14,17H,6,9-13H2,1-2H3;1H/t17-,21+;/m1./s1. The van der Waals surface area contributed by atoms with Crippen LogP contribution in [-0.2, 0) is 12.5 Å². The number of nitrogens with zero attached hydrogens (tertiary/aromatic N) is 5. The van der Waals surface area contributed by atoms with E-state index in [2.05, 4.69) is 50.4 Å². The van der Waals surface area contributed by atoms with Crippen LogP contribution in [0.1, 0.15) is 24.1 Å². The molecule has 0 radical (unpaired) electrons. The first-order chi connectivity index (χ1) is 13.7. The SMILES string of the molecule is Cc1ncoc1-c1nnc(SCCCN2C[C@H]3C[C@@]3(c3ccccc3)C2)n1C.Cl. The van der Waals surface area contributed by atoms with Crippen LogP contribution in [0.15, 0.2) is 46.3 Å². The number of halogens is 1. The van der Waals surface area contributed by atoms with Gasteiger partial charge in [-0.25, -0.2) is 4.98 Å². The Bertz CT molecular complexity index is 975. The van der Waals surface area contributed by atoms with Crippen LogP contribution in [0.25, 0.3) is 11.6 Å². The van der Waals surface area contributed by atoms with Crippen LogP contribution in [0, 0.1) is 12.8 Å². The van der Waals surface area contributed by atoms with E-state index in [0.29, 0.717) is 11.2 Å². The first-order valence-electron chi connectivity index (χ1n) is 9.88. The molecular formula is C21H26ClN5OS. The molecular weight excluding hydrogens is 406 g/mol. The second-order valence-corrected chi connectivity index (χ2v) is 9.05. The van der Waals surface area contributed by atoms with E-state index in [0.717, 1.165) is 41.3 Å². The second kappa shape index (κ2) is 8.13. The number of aryl methyl sites for hydroxylation is 1. The van der Waals surface area contributed by atoms with Crippen LogP contribution in [-0.4, -0.2) is 50.0 Å². The van der Waals surface area contributed by atoms with E-state index < -0.39 is 0 Å². The number of piperidine rings is 1. The average Bonchev–Trinajstić information content (AvgIpc) is 3.02. The van der Waals surface area contributed by atoms with Gasteiger partial charge in [-0.15, -0.1) is 22.6 Å². The van der Waals surface area contributed by atoms with Gasteiger partial charge in [0.1, 0.15) is 0 Å². The summed E-state index contributed by atoms with van der Waals surface area (Å²) in [6.45, 7) is 5.54. The largest absolute Gasteiger partial charge is 0.440 e. The van der Waals surface area contributed by atoms with Crippen molar-refractivity contribution < 1.29 is 4.42 Å². The molecule has 3 heterocycles. The van der Waals surface area contributed by atoms with Crippen LogP contribution in [0.2, 0.25) is 0 Å². The maximum atomic E-state index is 5.45. The zero-order chi connectivity index (χ0) is 19.1. The number of aromatic nitrogens is 4. The predicted molar refractivity (Wildman–Crippen MR) is 116 cm³/mol. The second-order valence-electron chi connectivity index (χ2n) is 7.99. The van der Waals surface area contributed by atoms with Crippen molar-refractivity contribution in [2.45, 2.75) is 30.3 Å². The molecule has 3 aromatic rings. The summed E-state index contributed by atoms with van der Waals surface area (Å²) in [4.78, 5) is 6.78. The van der Waals surface area contributed by atoms with Gasteiger partial charge in [-0.3, -0.25) is 0 Å². The molecule has 0 amide bonds. The maximum Gasteiger partial charge on any atom is 0.202 e. The fraction of sp³-hybridized carbons (Fsp3) is 0.476. The van der Waals surface area contributed by atoms with Crippen molar-refractivity contribution in [1.29, 1.82) is 0 Å². The molecule has 1 saturated heterocycles. The van der Waals surface area contributed by atoms with Gasteiger partial charge in [0.25, 0.3) is 0 Å². The number of likely N-dealkylation sites (tertiary alicyclic amines) is 1. The summed E-state index contributed by atoms with van der Waals surface area (Å²) in [5, 5.41) is 9.53. The van der Waals surface area contributed by atoms with Crippen molar-refractivity contribution in [3.63, 3.8) is 0 Å². The summed E-state index contributed by atoms with van der Waals surface area (Å²) in [6.07, 6.45) is 3.98. The number of hydrogen-bond acceptors (Lipinski definition) is 6. The van der Waals surface area contributed by atoms with Gasteiger partial charge in [0, 0.05) is 31.3 Å². The summed E-state index contributed by atoms with van der Waals surface area (Å²) in [7, 11) is 1.98. The van der Waals surface area contributed by atoms with Gasteiger partial charge >= 0.3 is 0 Å². The van der Waals surface area contributed by atoms with E-state index in [4.69, 9.17) is 4.42 Å². The number of rotatable bonds is 7. The summed E-state index contributed by atoms with van der Waals surface area (Å²) < 4.78 is 7.44. The molecule has 1 aliphatic carbocycles. The molecule has 0 unspecified atom stereocenters. The normalized spacial score (nSPS) is 23.0. The lowest BCUT2D eigenvalue weighted by Gasteiger charge is -2.20. The van der Waals surface area contributed by atoms with E-state index in [1.165, 1.54) is 31.5 Å². The molecule has 1 aromatic carbocycles. The summed E-state index contributed by atoms with van der Waals surface area (Å²) in [5.74, 6) is 3.33. The molecule has 8 heteroatoms. The monoisotopic (exact) mass is 431 g/mol. The highest BCUT2D eigenvalue weighted by Gasteiger charge is 2.60. The van der Waals surface area contributed by atoms with E-state index >= 15 is 0 Å². The van der Waals surface area contributed by atoms with Crippen molar-refractivity contribution >= 4 is 24.2 Å². The molecule has 29 heavy (non-hydrogen) atoms. The number of thioether (sulfide) groups is 1. The topological polar surface area (TPSA) is 60.0 Å². The van der Waals surface area contributed by atoms with E-state index in [1.807, 2.05) is 18.5 Å². The van der Waals surface area contributed by atoms with Gasteiger partial charge in [0.15, 0.2) is 17.3 Å². The predicted octanol–water partition coefficient (Wildman–Crippen LogP) is 3.96. The first kappa shape index (κ1) is 20.4. The third kappa shape index (κ3) is 3.71. The fourth-order valence-corrected chi connectivity index (χ4v) is 5.42. The molecule has 6 nitrogen and oxygen atoms in total. The first-order valence-corrected chi connectivity index (χ1v) is 10.9. The van der Waals surface area contributed by atoms with Gasteiger partial charge in [-0.2, -0.15) is 0 Å². The van der Waals surface area contributed by atoms with Crippen LogP contribution in [0.3, 0.4) is 0 Å². The van der Waals surface area contributed by atoms with Gasteiger partial charge in [0.05, 0.1) is 5.69 Å². The molecule has 2 aliphatic rings. The quantitative estimate of drug-likeness (QED) is 0.417. The maximum absolute atomic E-state index is 5.45. The van der Waals surface area contributed by atoms with Crippen molar-refractivity contribution in [1.82, 2.24) is 24.6 Å². The minimum atomic E-state index is 0. The van der Waals surface area contributed by atoms with Crippen molar-refractivity contribution in [2.75, 3.05) is 25.4 Å². The minimum Gasteiger partial charge on any atom is -0.440 e. The Kier molecular flexibility index (Phi) is 5.73. The lowest BCUT2D eigenvalue weighted by atomic mass is 9.95. The summed E-state index contributed by atoms with van der Waals surface area (Å²) in [6, 6.07) is 11.1. The molecule has 0 spiro atoms. The minimum absolute atomic E-state index is 0. The van der Waals surface area contributed by atoms with Crippen LogP contribution >= 0.6 is 24.2 Å². The van der Waals surface area contributed by atoms with Gasteiger partial charge in [-0.05, 0) is 37.8 Å². The van der Waals surface area contributed by atoms with Gasteiger partial charge < -0.3 is 13.9 Å². The van der Waals surface area contributed by atoms with Crippen molar-refractivity contribution in [3.05, 3.63) is 48.0 Å². The van der Waals surface area contributed by atoms with Crippen LogP contribution in [0.5, 0.6) is 0 Å². The zero-order valence-corrected chi connectivity index (χ0v) is 18.4. The van der Waals surface area contributed by atoms with E-state index in [-0.39, 0.29) is 12.4 Å². The molecule has 1 saturated carbocycles. The Morgan fingerprint density at radius 1 is 1.24 bits per heavy atom. The van der Waals surface area contributed by atoms with Crippen LogP contribution < -0.4 is 0 Å². The lowest BCUT2D eigenvalue weighted by Crippen LogP contribution is -2.27. The van der Waals surface area contributed by atoms with E-state index in [9.17, 15) is 0 Å². The van der Waals surface area contributed by atoms with Crippen molar-refractivity contribution in [2.24, 2.45) is 13.0 Å². The molecule has 154 valence electrons. The number of oxazole rings is 1. The van der Waals surface area contributed by atoms with E-state index in [1.54, 1.807) is 11.8 Å². The fourth-order valence-electron chi connectivity index (χ4n) is 4.58. The summed E-state index contributed by atoms with van der Waals surface area (Å²) in [5.41, 5.74) is 2.82.